The second-order valence-electron chi connectivity index (χ2n) is 6.42. The highest BCUT2D eigenvalue weighted by atomic mass is 32.2. The molecule has 0 saturated heterocycles. The van der Waals surface area contributed by atoms with Gasteiger partial charge in [-0.15, -0.1) is 0 Å². The number of hydrogen-bond acceptors (Lipinski definition) is 8. The predicted octanol–water partition coefficient (Wildman–Crippen LogP) is 0.951. The average Bonchev–Trinajstić information content (AvgIpc) is 2.45. The van der Waals surface area contributed by atoms with Crippen LogP contribution in [0.15, 0.2) is 24.3 Å². The summed E-state index contributed by atoms with van der Waals surface area (Å²) >= 11 is 0. The summed E-state index contributed by atoms with van der Waals surface area (Å²) in [5.41, 5.74) is 5.52. The van der Waals surface area contributed by atoms with Gasteiger partial charge in [-0.25, -0.2) is 0 Å². The van der Waals surface area contributed by atoms with E-state index in [0.717, 1.165) is 6.26 Å². The Bertz CT molecular complexity index is 720. The summed E-state index contributed by atoms with van der Waals surface area (Å²) in [7, 11) is -2.49. The third kappa shape index (κ3) is 6.71. The molecule has 140 valence electrons. The molecule has 9 heteroatoms. The molecule has 0 fully saturated rings. The van der Waals surface area contributed by atoms with Gasteiger partial charge >= 0.3 is 22.1 Å². The van der Waals surface area contributed by atoms with Crippen LogP contribution in [0, 0.1) is 0 Å². The van der Waals surface area contributed by atoms with Crippen LogP contribution in [-0.4, -0.2) is 45.4 Å². The van der Waals surface area contributed by atoms with E-state index in [1.54, 1.807) is 20.8 Å². The van der Waals surface area contributed by atoms with Gasteiger partial charge in [0.1, 0.15) is 23.3 Å². The molecule has 0 aliphatic carbocycles. The van der Waals surface area contributed by atoms with Gasteiger partial charge in [-0.3, -0.25) is 9.59 Å². The minimum atomic E-state index is -3.67. The van der Waals surface area contributed by atoms with E-state index < -0.39 is 39.6 Å². The third-order valence-corrected chi connectivity index (χ3v) is 3.48. The van der Waals surface area contributed by atoms with Crippen LogP contribution in [0.25, 0.3) is 0 Å². The molecule has 0 heterocycles. The van der Waals surface area contributed by atoms with Crippen molar-refractivity contribution < 1.29 is 31.7 Å². The van der Waals surface area contributed by atoms with Crippen molar-refractivity contribution in [1.82, 2.24) is 0 Å². The second kappa shape index (κ2) is 7.83. The molecule has 1 rings (SSSR count). The molecule has 8 nitrogen and oxygen atoms in total. The van der Waals surface area contributed by atoms with Crippen LogP contribution < -0.4 is 9.92 Å². The summed E-state index contributed by atoms with van der Waals surface area (Å²) < 4.78 is 36.9. The van der Waals surface area contributed by atoms with Gasteiger partial charge < -0.3 is 19.4 Å². The van der Waals surface area contributed by atoms with E-state index in [0.29, 0.717) is 5.56 Å². The van der Waals surface area contributed by atoms with E-state index in [1.165, 1.54) is 31.4 Å². The van der Waals surface area contributed by atoms with Gasteiger partial charge in [0.2, 0.25) is 0 Å². The van der Waals surface area contributed by atoms with Crippen LogP contribution in [-0.2, 0) is 29.2 Å². The molecule has 1 aromatic rings. The first-order valence-electron chi connectivity index (χ1n) is 7.40. The predicted molar refractivity (Wildman–Crippen MR) is 90.5 cm³/mol. The van der Waals surface area contributed by atoms with Gasteiger partial charge in [0, 0.05) is 0 Å². The summed E-state index contributed by atoms with van der Waals surface area (Å²) in [4.78, 5) is 24.3. The van der Waals surface area contributed by atoms with Crippen molar-refractivity contribution in [1.29, 1.82) is 0 Å². The maximum Gasteiger partial charge on any atom is 0.324 e. The third-order valence-electron chi connectivity index (χ3n) is 2.98. The lowest BCUT2D eigenvalue weighted by Gasteiger charge is -2.26. The number of carbonyl (C=O) groups excluding carboxylic acids is 2. The van der Waals surface area contributed by atoms with Crippen molar-refractivity contribution in [2.75, 3.05) is 13.4 Å². The molecule has 0 aliphatic heterocycles. The molecule has 0 radical (unpaired) electrons. The van der Waals surface area contributed by atoms with Crippen LogP contribution in [0.5, 0.6) is 5.75 Å². The van der Waals surface area contributed by atoms with E-state index in [-0.39, 0.29) is 5.75 Å². The molecule has 0 amide bonds. The molecular weight excluding hydrogens is 350 g/mol. The number of rotatable bonds is 6. The Morgan fingerprint density at radius 2 is 1.60 bits per heavy atom. The molecule has 0 spiro atoms. The zero-order valence-electron chi connectivity index (χ0n) is 14.8. The van der Waals surface area contributed by atoms with E-state index >= 15 is 0 Å². The van der Waals surface area contributed by atoms with Gasteiger partial charge in [0.15, 0.2) is 0 Å². The first-order valence-corrected chi connectivity index (χ1v) is 9.21. The van der Waals surface area contributed by atoms with E-state index in [9.17, 15) is 18.0 Å². The smallest absolute Gasteiger partial charge is 0.324 e. The fourth-order valence-electron chi connectivity index (χ4n) is 2.03. The lowest BCUT2D eigenvalue weighted by molar-refractivity contribution is -0.160. The first-order chi connectivity index (χ1) is 11.3. The standard InChI is InChI=1S/C16H23NO7S/c1-16(2,3)23-15(19)13(17)12(14(18)22-4)10-6-8-11(9-7-10)24-25(5,20)21/h6-9,12-13H,17H2,1-5H3. The molecule has 0 saturated carbocycles. The molecule has 2 unspecified atom stereocenters. The Morgan fingerprint density at radius 3 is 2.00 bits per heavy atom. The molecule has 0 aliphatic rings. The lowest BCUT2D eigenvalue weighted by atomic mass is 9.91. The Morgan fingerprint density at radius 1 is 1.08 bits per heavy atom. The minimum Gasteiger partial charge on any atom is -0.468 e. The summed E-state index contributed by atoms with van der Waals surface area (Å²) in [5, 5.41) is 0. The Kier molecular flexibility index (Phi) is 6.55. The highest BCUT2D eigenvalue weighted by molar-refractivity contribution is 7.86. The Hall–Kier alpha value is -2.13. The van der Waals surface area contributed by atoms with Crippen LogP contribution >= 0.6 is 0 Å². The molecule has 25 heavy (non-hydrogen) atoms. The van der Waals surface area contributed by atoms with Crippen LogP contribution in [0.4, 0.5) is 0 Å². The number of ether oxygens (including phenoxy) is 2. The number of nitrogens with two attached hydrogens (primary N) is 1. The van der Waals surface area contributed by atoms with Gasteiger partial charge in [-0.05, 0) is 38.5 Å². The van der Waals surface area contributed by atoms with Gasteiger partial charge in [-0.2, -0.15) is 8.42 Å². The molecular formula is C16H23NO7S. The highest BCUT2D eigenvalue weighted by Gasteiger charge is 2.36. The molecule has 1 aromatic carbocycles. The zero-order chi connectivity index (χ0) is 19.4. The molecule has 2 N–H and O–H groups in total. The van der Waals surface area contributed by atoms with Crippen molar-refractivity contribution in [3.63, 3.8) is 0 Å². The molecule has 2 atom stereocenters. The first kappa shape index (κ1) is 20.9. The van der Waals surface area contributed by atoms with Gasteiger partial charge in [0.25, 0.3) is 0 Å². The van der Waals surface area contributed by atoms with Gasteiger partial charge in [0.05, 0.1) is 13.4 Å². The van der Waals surface area contributed by atoms with Crippen molar-refractivity contribution in [2.24, 2.45) is 5.73 Å². The Balaban J connectivity index is 3.11. The highest BCUT2D eigenvalue weighted by Crippen LogP contribution is 2.25. The van der Waals surface area contributed by atoms with E-state index in [2.05, 4.69) is 0 Å². The zero-order valence-corrected chi connectivity index (χ0v) is 15.6. The lowest BCUT2D eigenvalue weighted by Crippen LogP contribution is -2.44. The minimum absolute atomic E-state index is 0.0701. The topological polar surface area (TPSA) is 122 Å². The summed E-state index contributed by atoms with van der Waals surface area (Å²) in [6, 6.07) is 4.30. The maximum atomic E-state index is 12.2. The summed E-state index contributed by atoms with van der Waals surface area (Å²) in [6.07, 6.45) is 0.913. The number of hydrogen-bond donors (Lipinski definition) is 1. The van der Waals surface area contributed by atoms with Crippen LogP contribution in [0.2, 0.25) is 0 Å². The molecule has 0 bridgehead atoms. The number of benzene rings is 1. The summed E-state index contributed by atoms with van der Waals surface area (Å²) in [6.45, 7) is 5.05. The number of esters is 2. The Labute approximate surface area is 147 Å². The van der Waals surface area contributed by atoms with Gasteiger partial charge in [-0.1, -0.05) is 12.1 Å². The van der Waals surface area contributed by atoms with Crippen molar-refractivity contribution in [3.8, 4) is 5.75 Å². The average molecular weight is 373 g/mol. The second-order valence-corrected chi connectivity index (χ2v) is 7.99. The van der Waals surface area contributed by atoms with Crippen molar-refractivity contribution in [3.05, 3.63) is 29.8 Å². The maximum absolute atomic E-state index is 12.2. The van der Waals surface area contributed by atoms with Crippen molar-refractivity contribution >= 4 is 22.1 Å². The monoisotopic (exact) mass is 373 g/mol. The normalized spacial score (nSPS) is 14.3. The van der Waals surface area contributed by atoms with Crippen molar-refractivity contribution in [2.45, 2.75) is 38.3 Å². The number of carbonyl (C=O) groups is 2. The SMILES string of the molecule is COC(=O)C(c1ccc(OS(C)(=O)=O)cc1)C(N)C(=O)OC(C)(C)C. The molecule has 0 aromatic heterocycles. The van der Waals surface area contributed by atoms with Crippen LogP contribution in [0.3, 0.4) is 0 Å². The summed E-state index contributed by atoms with van der Waals surface area (Å²) in [5.74, 6) is -2.50. The number of methoxy groups -OCH3 is 1. The van der Waals surface area contributed by atoms with E-state index in [1.807, 2.05) is 0 Å². The fraction of sp³-hybridized carbons (Fsp3) is 0.500. The fourth-order valence-corrected chi connectivity index (χ4v) is 2.49. The van der Waals surface area contributed by atoms with Crippen LogP contribution in [0.1, 0.15) is 32.3 Å². The van der Waals surface area contributed by atoms with E-state index in [4.69, 9.17) is 19.4 Å². The quantitative estimate of drug-likeness (QED) is 0.578. The largest absolute Gasteiger partial charge is 0.468 e.